The van der Waals surface area contributed by atoms with Crippen molar-refractivity contribution in [2.75, 3.05) is 133 Å². The standard InChI is InChI=1S/C32H40N4O6.C19H40O10/c1-2-42-27(39)21-34-28-30(33-29(34)25-16-13-22(14-17-25)15-18-26(37)38)35(19-23-9-5-3-6-10-23)32(41)36(31(28)40)20-24-11-7-4-8-12-24;1-21-4-5-23-8-9-25-12-13-27-16-17-29-19-18-28-15-14-26-11-10-24-7-6-22-3-2-20/h13-18,23-24H,2-12,19-21H2,1H3,(H,37,38);20H,2-19H2,1H3/b18-15+;. The quantitative estimate of drug-likeness (QED) is 0.0461. The van der Waals surface area contributed by atoms with Gasteiger partial charge in [0.2, 0.25) is 0 Å². The number of carboxylic acids is 1. The second kappa shape index (κ2) is 36.5. The van der Waals surface area contributed by atoms with Crippen molar-refractivity contribution < 1.29 is 67.2 Å². The van der Waals surface area contributed by atoms with E-state index in [0.717, 1.165) is 57.4 Å². The average molecular weight is 1010 g/mol. The lowest BCUT2D eigenvalue weighted by Gasteiger charge is -2.25. The van der Waals surface area contributed by atoms with Crippen LogP contribution in [0.2, 0.25) is 0 Å². The Labute approximate surface area is 417 Å². The monoisotopic (exact) mass is 1000 g/mol. The molecule has 20 nitrogen and oxygen atoms in total. The minimum Gasteiger partial charge on any atom is -0.478 e. The Morgan fingerprint density at radius 1 is 0.620 bits per heavy atom. The molecule has 0 bridgehead atoms. The minimum absolute atomic E-state index is 0.0322. The SMILES string of the molecule is CCOC(=O)Cn1c(-c2ccc(/C=C/C(=O)O)cc2)nc2c1c(=O)n(CC1CCCCC1)c(=O)n2CC1CCCCC1.COCCOCCOCCOCCOCCOCCOCCOCCOCCO. The number of aliphatic carboxylic acids is 1. The zero-order valence-corrected chi connectivity index (χ0v) is 42.1. The number of hydrogen-bond donors (Lipinski definition) is 2. The van der Waals surface area contributed by atoms with Crippen molar-refractivity contribution in [3.63, 3.8) is 0 Å². The zero-order chi connectivity index (χ0) is 50.7. The maximum atomic E-state index is 14.1. The molecule has 0 radical (unpaired) electrons. The van der Waals surface area contributed by atoms with Gasteiger partial charge in [0.15, 0.2) is 11.2 Å². The fourth-order valence-electron chi connectivity index (χ4n) is 8.34. The lowest BCUT2D eigenvalue weighted by atomic mass is 9.89. The number of nitrogens with zero attached hydrogens (tertiary/aromatic N) is 4. The van der Waals surface area contributed by atoms with Gasteiger partial charge in [0.1, 0.15) is 12.4 Å². The first kappa shape index (κ1) is 59.2. The van der Waals surface area contributed by atoms with Gasteiger partial charge in [0.25, 0.3) is 5.56 Å². The van der Waals surface area contributed by atoms with Crippen molar-refractivity contribution >= 4 is 29.2 Å². The molecule has 2 heterocycles. The lowest BCUT2D eigenvalue weighted by Crippen LogP contribution is -2.43. The summed E-state index contributed by atoms with van der Waals surface area (Å²) in [5.74, 6) is -0.578. The van der Waals surface area contributed by atoms with Gasteiger partial charge in [-0.3, -0.25) is 18.7 Å². The first-order valence-corrected chi connectivity index (χ1v) is 25.4. The molecule has 20 heteroatoms. The Balaban J connectivity index is 0.000000333. The van der Waals surface area contributed by atoms with Crippen molar-refractivity contribution in [2.24, 2.45) is 11.8 Å². The number of methoxy groups -OCH3 is 1. The molecule has 0 unspecified atom stereocenters. The summed E-state index contributed by atoms with van der Waals surface area (Å²) < 4.78 is 57.3. The zero-order valence-electron chi connectivity index (χ0n) is 42.1. The number of hydrogen-bond acceptors (Lipinski definition) is 16. The van der Waals surface area contributed by atoms with E-state index >= 15 is 0 Å². The fraction of sp³-hybridized carbons (Fsp3) is 0.706. The number of carboxylic acid groups (broad SMARTS) is 1. The summed E-state index contributed by atoms with van der Waals surface area (Å²) >= 11 is 0. The maximum absolute atomic E-state index is 14.1. The van der Waals surface area contributed by atoms with Gasteiger partial charge >= 0.3 is 17.6 Å². The van der Waals surface area contributed by atoms with Crippen LogP contribution in [0.4, 0.5) is 0 Å². The molecule has 2 aliphatic rings. The van der Waals surface area contributed by atoms with Crippen LogP contribution in [0.1, 0.15) is 76.7 Å². The number of esters is 1. The number of ether oxygens (including phenoxy) is 10. The van der Waals surface area contributed by atoms with Crippen LogP contribution in [-0.4, -0.2) is 173 Å². The van der Waals surface area contributed by atoms with Crippen LogP contribution >= 0.6 is 0 Å². The van der Waals surface area contributed by atoms with E-state index in [1.54, 1.807) is 47.4 Å². The number of benzene rings is 1. The van der Waals surface area contributed by atoms with Crippen LogP contribution in [0.25, 0.3) is 28.6 Å². The van der Waals surface area contributed by atoms with Crippen LogP contribution < -0.4 is 11.2 Å². The summed E-state index contributed by atoms with van der Waals surface area (Å²) in [4.78, 5) is 56.8. The van der Waals surface area contributed by atoms with Crippen LogP contribution in [-0.2, 0) is 76.6 Å². The van der Waals surface area contributed by atoms with Crippen molar-refractivity contribution in [1.82, 2.24) is 18.7 Å². The predicted octanol–water partition coefficient (Wildman–Crippen LogP) is 4.61. The van der Waals surface area contributed by atoms with E-state index in [1.807, 2.05) is 0 Å². The molecule has 2 saturated carbocycles. The fourth-order valence-corrected chi connectivity index (χ4v) is 8.34. The van der Waals surface area contributed by atoms with Gasteiger partial charge in [-0.25, -0.2) is 14.6 Å². The molecule has 5 rings (SSSR count). The number of aromatic nitrogens is 4. The molecule has 2 N–H and O–H groups in total. The summed E-state index contributed by atoms with van der Waals surface area (Å²) in [6.07, 6.45) is 13.4. The van der Waals surface area contributed by atoms with Crippen LogP contribution in [0, 0.1) is 11.8 Å². The summed E-state index contributed by atoms with van der Waals surface area (Å²) in [5.41, 5.74) is 1.09. The largest absolute Gasteiger partial charge is 0.478 e. The van der Waals surface area contributed by atoms with E-state index in [1.165, 1.54) is 23.5 Å². The van der Waals surface area contributed by atoms with Gasteiger partial charge < -0.3 is 62.1 Å². The predicted molar refractivity (Wildman–Crippen MR) is 266 cm³/mol. The molecule has 400 valence electrons. The van der Waals surface area contributed by atoms with Gasteiger partial charge in [-0.15, -0.1) is 0 Å². The molecule has 2 aliphatic carbocycles. The highest BCUT2D eigenvalue weighted by atomic mass is 16.6. The number of rotatable bonds is 36. The number of fused-ring (bicyclic) bond motifs is 1. The average Bonchev–Trinajstić information content (AvgIpc) is 3.75. The molecule has 0 amide bonds. The maximum Gasteiger partial charge on any atom is 0.332 e. The second-order valence-electron chi connectivity index (χ2n) is 17.2. The highest BCUT2D eigenvalue weighted by Gasteiger charge is 2.27. The normalized spacial score (nSPS) is 14.6. The van der Waals surface area contributed by atoms with E-state index < -0.39 is 17.5 Å². The number of carbonyl (C=O) groups excluding carboxylic acids is 1. The Morgan fingerprint density at radius 3 is 1.48 bits per heavy atom. The third-order valence-electron chi connectivity index (χ3n) is 11.9. The molecule has 0 atom stereocenters. The Bertz CT molecular complexity index is 2030. The first-order valence-electron chi connectivity index (χ1n) is 25.4. The number of aliphatic hydroxyl groups excluding tert-OH is 1. The van der Waals surface area contributed by atoms with E-state index in [2.05, 4.69) is 0 Å². The van der Waals surface area contributed by atoms with E-state index in [9.17, 15) is 19.2 Å². The second-order valence-corrected chi connectivity index (χ2v) is 17.2. The Kier molecular flexibility index (Phi) is 30.5. The van der Waals surface area contributed by atoms with Gasteiger partial charge in [0, 0.05) is 31.8 Å². The van der Waals surface area contributed by atoms with E-state index in [0.29, 0.717) is 154 Å². The topological polar surface area (TPSA) is 229 Å². The molecule has 0 aliphatic heterocycles. The minimum atomic E-state index is -1.05. The third kappa shape index (κ3) is 23.0. The molecule has 2 fully saturated rings. The molecule has 71 heavy (non-hydrogen) atoms. The summed E-state index contributed by atoms with van der Waals surface area (Å²) in [5, 5.41) is 17.5. The van der Waals surface area contributed by atoms with Crippen molar-refractivity contribution in [1.29, 1.82) is 0 Å². The van der Waals surface area contributed by atoms with Gasteiger partial charge in [-0.2, -0.15) is 0 Å². The lowest BCUT2D eigenvalue weighted by molar-refractivity contribution is -0.143. The molecular weight excluding hydrogens is 925 g/mol. The van der Waals surface area contributed by atoms with Crippen molar-refractivity contribution in [2.45, 2.75) is 90.8 Å². The van der Waals surface area contributed by atoms with Crippen molar-refractivity contribution in [3.05, 3.63) is 56.7 Å². The molecule has 3 aromatic rings. The molecule has 2 aromatic heterocycles. The number of carbonyl (C=O) groups is 2. The highest BCUT2D eigenvalue weighted by Crippen LogP contribution is 2.29. The smallest absolute Gasteiger partial charge is 0.332 e. The Morgan fingerprint density at radius 2 is 1.06 bits per heavy atom. The molecule has 0 saturated heterocycles. The van der Waals surface area contributed by atoms with Gasteiger partial charge in [-0.1, -0.05) is 62.8 Å². The van der Waals surface area contributed by atoms with Crippen molar-refractivity contribution in [3.8, 4) is 11.4 Å². The summed E-state index contributed by atoms with van der Waals surface area (Å²) in [7, 11) is 1.64. The molecule has 0 spiro atoms. The Hall–Kier alpha value is -4.35. The van der Waals surface area contributed by atoms with Crippen LogP contribution in [0.3, 0.4) is 0 Å². The highest BCUT2D eigenvalue weighted by molar-refractivity contribution is 5.85. The first-order chi connectivity index (χ1) is 34.8. The number of imidazole rings is 1. The van der Waals surface area contributed by atoms with Gasteiger partial charge in [-0.05, 0) is 56.1 Å². The summed E-state index contributed by atoms with van der Waals surface area (Å²) in [6.45, 7) is 11.5. The summed E-state index contributed by atoms with van der Waals surface area (Å²) in [6, 6.07) is 7.04. The third-order valence-corrected chi connectivity index (χ3v) is 11.9. The number of aliphatic hydroxyl groups is 1. The molecular formula is C51H80N4O16. The molecule has 1 aromatic carbocycles. The van der Waals surface area contributed by atoms with E-state index in [-0.39, 0.29) is 36.9 Å². The van der Waals surface area contributed by atoms with Gasteiger partial charge in [0.05, 0.1) is 126 Å². The van der Waals surface area contributed by atoms with Crippen LogP contribution in [0.15, 0.2) is 39.9 Å². The van der Waals surface area contributed by atoms with Crippen LogP contribution in [0.5, 0.6) is 0 Å². The van der Waals surface area contributed by atoms with E-state index in [4.69, 9.17) is 62.6 Å².